The van der Waals surface area contributed by atoms with Crippen LogP contribution in [0.5, 0.6) is 0 Å². The third kappa shape index (κ3) is 3.93. The van der Waals surface area contributed by atoms with E-state index in [1.54, 1.807) is 0 Å². The predicted octanol–water partition coefficient (Wildman–Crippen LogP) is 1.79. The largest absolute Gasteiger partial charge is 0.365 e. The highest BCUT2D eigenvalue weighted by Gasteiger charge is 2.32. The smallest absolute Gasteiger partial charge is 0.251 e. The summed E-state index contributed by atoms with van der Waals surface area (Å²) in [6, 6.07) is 0. The zero-order chi connectivity index (χ0) is 13.7. The number of ether oxygens (including phenoxy) is 1. The van der Waals surface area contributed by atoms with Crippen molar-refractivity contribution in [3.05, 3.63) is 0 Å². The molecule has 4 heteroatoms. The molecule has 1 aliphatic carbocycles. The Bertz CT molecular complexity index is 290. The number of hydrogen-bond acceptors (Lipinski definition) is 3. The first-order chi connectivity index (χ1) is 9.24. The second kappa shape index (κ2) is 7.25. The molecule has 1 saturated heterocycles. The lowest BCUT2D eigenvalue weighted by Crippen LogP contribution is -2.40. The van der Waals surface area contributed by atoms with E-state index >= 15 is 0 Å². The summed E-state index contributed by atoms with van der Waals surface area (Å²) in [5.41, 5.74) is 0. The minimum atomic E-state index is -0.212. The van der Waals surface area contributed by atoms with E-state index in [-0.39, 0.29) is 12.0 Å². The van der Waals surface area contributed by atoms with Gasteiger partial charge in [0.1, 0.15) is 6.10 Å². The SMILES string of the molecule is CCC(OC1CCCC1)C(=O)N1CCC(CNC)C1. The standard InChI is InChI=1S/C15H28N2O2/c1-3-14(19-13-6-4-5-7-13)15(18)17-9-8-12(11-17)10-16-2/h12-14,16H,3-11H2,1-2H3. The van der Waals surface area contributed by atoms with Crippen molar-refractivity contribution in [3.63, 3.8) is 0 Å². The number of carbonyl (C=O) groups excluding carboxylic acids is 1. The molecule has 19 heavy (non-hydrogen) atoms. The molecule has 1 amide bonds. The third-order valence-corrected chi connectivity index (χ3v) is 4.40. The number of carbonyl (C=O) groups is 1. The first-order valence-electron chi connectivity index (χ1n) is 7.83. The maximum Gasteiger partial charge on any atom is 0.251 e. The van der Waals surface area contributed by atoms with Gasteiger partial charge in [0, 0.05) is 13.1 Å². The molecule has 1 N–H and O–H groups in total. The Balaban J connectivity index is 1.82. The first-order valence-corrected chi connectivity index (χ1v) is 7.83. The first kappa shape index (κ1) is 14.8. The Morgan fingerprint density at radius 3 is 2.74 bits per heavy atom. The van der Waals surface area contributed by atoms with Gasteiger partial charge in [-0.2, -0.15) is 0 Å². The number of likely N-dealkylation sites (tertiary alicyclic amines) is 1. The van der Waals surface area contributed by atoms with E-state index in [0.29, 0.717) is 12.0 Å². The van der Waals surface area contributed by atoms with E-state index in [0.717, 1.165) is 45.3 Å². The van der Waals surface area contributed by atoms with Crippen LogP contribution in [0.3, 0.4) is 0 Å². The molecular weight excluding hydrogens is 240 g/mol. The van der Waals surface area contributed by atoms with Crippen molar-refractivity contribution in [1.29, 1.82) is 0 Å². The fourth-order valence-corrected chi connectivity index (χ4v) is 3.28. The van der Waals surface area contributed by atoms with Crippen LogP contribution in [-0.4, -0.2) is 49.7 Å². The summed E-state index contributed by atoms with van der Waals surface area (Å²) in [6.07, 6.45) is 6.79. The molecule has 2 fully saturated rings. The third-order valence-electron chi connectivity index (χ3n) is 4.40. The van der Waals surface area contributed by atoms with Gasteiger partial charge in [-0.25, -0.2) is 0 Å². The molecule has 0 bridgehead atoms. The fraction of sp³-hybridized carbons (Fsp3) is 0.933. The van der Waals surface area contributed by atoms with E-state index in [9.17, 15) is 4.79 Å². The van der Waals surface area contributed by atoms with Crippen molar-refractivity contribution in [3.8, 4) is 0 Å². The molecule has 2 atom stereocenters. The highest BCUT2D eigenvalue weighted by atomic mass is 16.5. The van der Waals surface area contributed by atoms with E-state index in [4.69, 9.17) is 4.74 Å². The molecule has 1 aliphatic heterocycles. The zero-order valence-corrected chi connectivity index (χ0v) is 12.4. The fourth-order valence-electron chi connectivity index (χ4n) is 3.28. The maximum atomic E-state index is 12.5. The van der Waals surface area contributed by atoms with Crippen molar-refractivity contribution in [2.24, 2.45) is 5.92 Å². The van der Waals surface area contributed by atoms with Crippen molar-refractivity contribution in [2.45, 2.75) is 57.7 Å². The van der Waals surface area contributed by atoms with Gasteiger partial charge in [0.25, 0.3) is 5.91 Å². The summed E-state index contributed by atoms with van der Waals surface area (Å²) in [4.78, 5) is 14.5. The lowest BCUT2D eigenvalue weighted by atomic mass is 10.1. The molecule has 0 aromatic carbocycles. The molecule has 2 aliphatic rings. The Labute approximate surface area is 116 Å². The molecule has 0 radical (unpaired) electrons. The van der Waals surface area contributed by atoms with Gasteiger partial charge in [0.2, 0.25) is 0 Å². The van der Waals surface area contributed by atoms with E-state index in [2.05, 4.69) is 12.2 Å². The van der Waals surface area contributed by atoms with Crippen molar-refractivity contribution in [1.82, 2.24) is 10.2 Å². The average Bonchev–Trinajstić information content (AvgIpc) is 3.06. The normalized spacial score (nSPS) is 26.0. The highest BCUT2D eigenvalue weighted by Crippen LogP contribution is 2.24. The molecule has 0 spiro atoms. The van der Waals surface area contributed by atoms with Crippen molar-refractivity contribution >= 4 is 5.91 Å². The predicted molar refractivity (Wildman–Crippen MR) is 76.0 cm³/mol. The van der Waals surface area contributed by atoms with Crippen LogP contribution in [0.25, 0.3) is 0 Å². The van der Waals surface area contributed by atoms with Gasteiger partial charge in [-0.05, 0) is 45.2 Å². The quantitative estimate of drug-likeness (QED) is 0.798. The van der Waals surface area contributed by atoms with E-state index < -0.39 is 0 Å². The summed E-state index contributed by atoms with van der Waals surface area (Å²) >= 11 is 0. The highest BCUT2D eigenvalue weighted by molar-refractivity contribution is 5.81. The maximum absolute atomic E-state index is 12.5. The topological polar surface area (TPSA) is 41.6 Å². The number of rotatable bonds is 6. The van der Waals surface area contributed by atoms with Crippen LogP contribution in [0.15, 0.2) is 0 Å². The van der Waals surface area contributed by atoms with Gasteiger partial charge in [0.15, 0.2) is 0 Å². The summed E-state index contributed by atoms with van der Waals surface area (Å²) < 4.78 is 6.02. The minimum absolute atomic E-state index is 0.212. The van der Waals surface area contributed by atoms with E-state index in [1.165, 1.54) is 12.8 Å². The van der Waals surface area contributed by atoms with Crippen molar-refractivity contribution < 1.29 is 9.53 Å². The average molecular weight is 268 g/mol. The van der Waals surface area contributed by atoms with Crippen LogP contribution in [0, 0.1) is 5.92 Å². The van der Waals surface area contributed by atoms with Gasteiger partial charge in [-0.1, -0.05) is 19.8 Å². The van der Waals surface area contributed by atoms with Gasteiger partial charge in [-0.15, -0.1) is 0 Å². The minimum Gasteiger partial charge on any atom is -0.365 e. The van der Waals surface area contributed by atoms with Crippen LogP contribution in [0.4, 0.5) is 0 Å². The van der Waals surface area contributed by atoms with Gasteiger partial charge in [-0.3, -0.25) is 4.79 Å². The molecule has 0 aromatic heterocycles. The lowest BCUT2D eigenvalue weighted by molar-refractivity contribution is -0.146. The zero-order valence-electron chi connectivity index (χ0n) is 12.4. The molecular formula is C15H28N2O2. The van der Waals surface area contributed by atoms with Crippen LogP contribution >= 0.6 is 0 Å². The van der Waals surface area contributed by atoms with Crippen molar-refractivity contribution in [2.75, 3.05) is 26.7 Å². The summed E-state index contributed by atoms with van der Waals surface area (Å²) in [5, 5.41) is 3.20. The molecule has 1 saturated carbocycles. The van der Waals surface area contributed by atoms with Crippen LogP contribution < -0.4 is 5.32 Å². The Hall–Kier alpha value is -0.610. The second-order valence-electron chi connectivity index (χ2n) is 5.94. The number of nitrogens with one attached hydrogen (secondary N) is 1. The van der Waals surface area contributed by atoms with Gasteiger partial charge in [0.05, 0.1) is 6.10 Å². The summed E-state index contributed by atoms with van der Waals surface area (Å²) in [7, 11) is 1.97. The second-order valence-corrected chi connectivity index (χ2v) is 5.94. The number of hydrogen-bond donors (Lipinski definition) is 1. The van der Waals surface area contributed by atoms with Crippen LogP contribution in [0.2, 0.25) is 0 Å². The summed E-state index contributed by atoms with van der Waals surface area (Å²) in [6.45, 7) is 4.85. The Morgan fingerprint density at radius 1 is 1.37 bits per heavy atom. The molecule has 1 heterocycles. The van der Waals surface area contributed by atoms with Gasteiger partial charge >= 0.3 is 0 Å². The van der Waals surface area contributed by atoms with Crippen LogP contribution in [0.1, 0.15) is 45.4 Å². The monoisotopic (exact) mass is 268 g/mol. The molecule has 110 valence electrons. The molecule has 2 unspecified atom stereocenters. The molecule has 4 nitrogen and oxygen atoms in total. The Morgan fingerprint density at radius 2 is 2.11 bits per heavy atom. The number of amides is 1. The lowest BCUT2D eigenvalue weighted by Gasteiger charge is -2.25. The number of nitrogens with zero attached hydrogens (tertiary/aromatic N) is 1. The molecule has 0 aromatic rings. The van der Waals surface area contributed by atoms with Crippen LogP contribution in [-0.2, 0) is 9.53 Å². The van der Waals surface area contributed by atoms with E-state index in [1.807, 2.05) is 11.9 Å². The Kier molecular flexibility index (Phi) is 5.64. The molecule has 2 rings (SSSR count). The van der Waals surface area contributed by atoms with Gasteiger partial charge < -0.3 is 15.0 Å². The summed E-state index contributed by atoms with van der Waals surface area (Å²) in [5.74, 6) is 0.825.